The van der Waals surface area contributed by atoms with Gasteiger partial charge >= 0.3 is 5.97 Å². The molecule has 0 aromatic heterocycles. The van der Waals surface area contributed by atoms with Crippen molar-refractivity contribution in [3.8, 4) is 0 Å². The van der Waals surface area contributed by atoms with Crippen LogP contribution in [0.5, 0.6) is 0 Å². The van der Waals surface area contributed by atoms with Crippen molar-refractivity contribution in [1.82, 2.24) is 0 Å². The molecule has 7 heteroatoms. The summed E-state index contributed by atoms with van der Waals surface area (Å²) in [5, 5.41) is 6.89. The fourth-order valence-corrected chi connectivity index (χ4v) is 2.19. The number of hydrogen-bond acceptors (Lipinski definition) is 5. The molecule has 0 aliphatic heterocycles. The Morgan fingerprint density at radius 3 is 2.23 bits per heavy atom. The highest BCUT2D eigenvalue weighted by molar-refractivity contribution is 7.92. The van der Waals surface area contributed by atoms with Gasteiger partial charge in [-0.2, -0.15) is 0 Å². The summed E-state index contributed by atoms with van der Waals surface area (Å²) in [6, 6.07) is -1.56. The van der Waals surface area contributed by atoms with Crippen molar-refractivity contribution in [2.45, 2.75) is 24.8 Å². The monoisotopic (exact) mass is 210 g/mol. The van der Waals surface area contributed by atoms with Crippen LogP contribution in [-0.2, 0) is 14.6 Å². The number of nitrogens with two attached hydrogens (primary N) is 2. The molecule has 0 radical (unpaired) electrons. The Morgan fingerprint density at radius 2 is 1.92 bits per heavy atom. The molecule has 5 N–H and O–H groups in total. The number of hydrogen-bond donors (Lipinski definition) is 3. The highest BCUT2D eigenvalue weighted by Gasteiger charge is 2.31. The van der Waals surface area contributed by atoms with Gasteiger partial charge in [0.2, 0.25) is 0 Å². The van der Waals surface area contributed by atoms with Gasteiger partial charge in [-0.15, -0.1) is 0 Å². The molecule has 13 heavy (non-hydrogen) atoms. The van der Waals surface area contributed by atoms with Crippen LogP contribution in [0.2, 0.25) is 0 Å². The molecular formula is C6H14N2O4S. The zero-order valence-electron chi connectivity index (χ0n) is 7.30. The topological polar surface area (TPSA) is 123 Å². The van der Waals surface area contributed by atoms with E-state index in [1.54, 1.807) is 6.92 Å². The van der Waals surface area contributed by atoms with Crippen molar-refractivity contribution >= 4 is 15.8 Å². The second kappa shape index (κ2) is 4.54. The second-order valence-electron chi connectivity index (χ2n) is 2.70. The molecule has 0 aliphatic carbocycles. The lowest BCUT2D eigenvalue weighted by Crippen LogP contribution is -2.52. The van der Waals surface area contributed by atoms with E-state index in [1.165, 1.54) is 0 Å². The maximum atomic E-state index is 11.2. The molecule has 0 rings (SSSR count). The first-order chi connectivity index (χ1) is 5.83. The standard InChI is InChI=1S/C6H14N2O4S/c1-2-3-13(11,12)5(8)4(7)6(9)10/h4-5H,2-3,7-8H2,1H3,(H,9,10). The SMILES string of the molecule is CCCS(=O)(=O)C(N)C(N)C(=O)O. The quantitative estimate of drug-likeness (QED) is 0.507. The number of sulfone groups is 1. The molecular weight excluding hydrogens is 196 g/mol. The number of rotatable bonds is 5. The van der Waals surface area contributed by atoms with Crippen molar-refractivity contribution in [2.24, 2.45) is 11.5 Å². The molecule has 0 aromatic carbocycles. The lowest BCUT2D eigenvalue weighted by Gasteiger charge is -2.15. The third kappa shape index (κ3) is 3.29. The first-order valence-corrected chi connectivity index (χ1v) is 5.50. The predicted molar refractivity (Wildman–Crippen MR) is 47.7 cm³/mol. The van der Waals surface area contributed by atoms with Crippen LogP contribution in [0.25, 0.3) is 0 Å². The summed E-state index contributed by atoms with van der Waals surface area (Å²) in [6.45, 7) is 1.66. The maximum absolute atomic E-state index is 11.2. The number of carbonyl (C=O) groups is 1. The van der Waals surface area contributed by atoms with E-state index in [9.17, 15) is 13.2 Å². The van der Waals surface area contributed by atoms with Gasteiger partial charge in [0.25, 0.3) is 0 Å². The van der Waals surface area contributed by atoms with Crippen LogP contribution < -0.4 is 11.5 Å². The molecule has 78 valence electrons. The van der Waals surface area contributed by atoms with Crippen LogP contribution >= 0.6 is 0 Å². The first kappa shape index (κ1) is 12.3. The van der Waals surface area contributed by atoms with Crippen molar-refractivity contribution in [2.75, 3.05) is 5.75 Å². The highest BCUT2D eigenvalue weighted by Crippen LogP contribution is 2.02. The molecule has 0 spiro atoms. The average molecular weight is 210 g/mol. The summed E-state index contributed by atoms with van der Waals surface area (Å²) in [4.78, 5) is 10.3. The molecule has 0 amide bonds. The van der Waals surface area contributed by atoms with Gasteiger partial charge in [0.15, 0.2) is 9.84 Å². The van der Waals surface area contributed by atoms with E-state index in [1.807, 2.05) is 0 Å². The van der Waals surface area contributed by atoms with Crippen LogP contribution in [-0.4, -0.2) is 36.7 Å². The minimum absolute atomic E-state index is 0.144. The van der Waals surface area contributed by atoms with Crippen molar-refractivity contribution in [3.63, 3.8) is 0 Å². The summed E-state index contributed by atoms with van der Waals surface area (Å²) < 4.78 is 22.4. The van der Waals surface area contributed by atoms with E-state index >= 15 is 0 Å². The van der Waals surface area contributed by atoms with E-state index in [4.69, 9.17) is 16.6 Å². The van der Waals surface area contributed by atoms with Gasteiger partial charge in [-0.1, -0.05) is 6.92 Å². The van der Waals surface area contributed by atoms with Gasteiger partial charge < -0.3 is 16.6 Å². The van der Waals surface area contributed by atoms with Gasteiger partial charge in [-0.05, 0) is 6.42 Å². The van der Waals surface area contributed by atoms with E-state index in [0.29, 0.717) is 6.42 Å². The number of carboxylic acid groups (broad SMARTS) is 1. The van der Waals surface area contributed by atoms with E-state index in [-0.39, 0.29) is 5.75 Å². The van der Waals surface area contributed by atoms with Crippen LogP contribution in [0.15, 0.2) is 0 Å². The largest absolute Gasteiger partial charge is 0.480 e. The van der Waals surface area contributed by atoms with E-state index < -0.39 is 27.2 Å². The molecule has 2 unspecified atom stereocenters. The van der Waals surface area contributed by atoms with Crippen LogP contribution in [0, 0.1) is 0 Å². The number of carboxylic acids is 1. The Labute approximate surface area is 76.8 Å². The zero-order chi connectivity index (χ0) is 10.6. The minimum atomic E-state index is -3.58. The third-order valence-corrected chi connectivity index (χ3v) is 3.64. The Morgan fingerprint density at radius 1 is 1.46 bits per heavy atom. The molecule has 0 saturated carbocycles. The first-order valence-electron chi connectivity index (χ1n) is 3.78. The number of aliphatic carboxylic acids is 1. The smallest absolute Gasteiger partial charge is 0.323 e. The van der Waals surface area contributed by atoms with Crippen molar-refractivity contribution in [3.05, 3.63) is 0 Å². The summed E-state index contributed by atoms with van der Waals surface area (Å²) in [5.41, 5.74) is 10.3. The van der Waals surface area contributed by atoms with Crippen LogP contribution in [0.4, 0.5) is 0 Å². The van der Waals surface area contributed by atoms with Gasteiger partial charge in [-0.25, -0.2) is 8.42 Å². The Kier molecular flexibility index (Phi) is 4.31. The Balaban J connectivity index is 4.59. The zero-order valence-corrected chi connectivity index (χ0v) is 8.12. The van der Waals surface area contributed by atoms with Gasteiger partial charge in [0, 0.05) is 0 Å². The molecule has 0 heterocycles. The molecule has 0 aromatic rings. The molecule has 0 bridgehead atoms. The highest BCUT2D eigenvalue weighted by atomic mass is 32.2. The average Bonchev–Trinajstić information content (AvgIpc) is 2.01. The fraction of sp³-hybridized carbons (Fsp3) is 0.833. The predicted octanol–water partition coefficient (Wildman–Crippen LogP) is -1.49. The Hall–Kier alpha value is -0.660. The van der Waals surface area contributed by atoms with Crippen LogP contribution in [0.3, 0.4) is 0 Å². The molecule has 2 atom stereocenters. The van der Waals surface area contributed by atoms with Gasteiger partial charge in [0.05, 0.1) is 5.75 Å². The fourth-order valence-electron chi connectivity index (χ4n) is 0.784. The molecule has 0 fully saturated rings. The maximum Gasteiger partial charge on any atom is 0.323 e. The summed E-state index contributed by atoms with van der Waals surface area (Å²) in [5.74, 6) is -1.55. The van der Waals surface area contributed by atoms with Crippen molar-refractivity contribution in [1.29, 1.82) is 0 Å². The third-order valence-electron chi connectivity index (χ3n) is 1.54. The summed E-state index contributed by atoms with van der Waals surface area (Å²) in [6.07, 6.45) is 0.391. The van der Waals surface area contributed by atoms with Crippen molar-refractivity contribution < 1.29 is 18.3 Å². The van der Waals surface area contributed by atoms with Gasteiger partial charge in [-0.3, -0.25) is 4.79 Å². The Bertz CT molecular complexity index is 274. The summed E-state index contributed by atoms with van der Waals surface area (Å²) >= 11 is 0. The van der Waals surface area contributed by atoms with Crippen LogP contribution in [0.1, 0.15) is 13.3 Å². The van der Waals surface area contributed by atoms with Gasteiger partial charge in [0.1, 0.15) is 11.4 Å². The second-order valence-corrected chi connectivity index (χ2v) is 4.97. The normalized spacial score (nSPS) is 16.5. The summed E-state index contributed by atoms with van der Waals surface area (Å²) in [7, 11) is -3.58. The minimum Gasteiger partial charge on any atom is -0.480 e. The molecule has 6 nitrogen and oxygen atoms in total. The van der Waals surface area contributed by atoms with E-state index in [0.717, 1.165) is 0 Å². The molecule has 0 saturated heterocycles. The van der Waals surface area contributed by atoms with E-state index in [2.05, 4.69) is 0 Å². The molecule has 0 aliphatic rings. The lowest BCUT2D eigenvalue weighted by atomic mass is 10.3. The lowest BCUT2D eigenvalue weighted by molar-refractivity contribution is -0.138.